The molecule has 0 aliphatic carbocycles. The fourth-order valence-corrected chi connectivity index (χ4v) is 4.38. The number of aromatic nitrogens is 4. The van der Waals surface area contributed by atoms with E-state index < -0.39 is 17.3 Å². The molecule has 34 heavy (non-hydrogen) atoms. The SMILES string of the molecule is O=C(CCOCC1CCCN1c1cn[nH]c(=O)c1C(F)(F)F)N1CCN(c2cnccn2)CC1. The third kappa shape index (κ3) is 5.46. The molecule has 2 aliphatic rings. The third-order valence-corrected chi connectivity index (χ3v) is 6.08. The summed E-state index contributed by atoms with van der Waals surface area (Å²) in [6, 6.07) is -0.324. The molecule has 0 bridgehead atoms. The van der Waals surface area contributed by atoms with Crippen molar-refractivity contribution in [2.24, 2.45) is 0 Å². The summed E-state index contributed by atoms with van der Waals surface area (Å²) >= 11 is 0. The molecule has 13 heteroatoms. The number of H-pyrrole nitrogens is 1. The number of hydrogen-bond donors (Lipinski definition) is 1. The highest BCUT2D eigenvalue weighted by Crippen LogP contribution is 2.36. The molecule has 1 N–H and O–H groups in total. The van der Waals surface area contributed by atoms with Crippen LogP contribution in [0.15, 0.2) is 29.6 Å². The summed E-state index contributed by atoms with van der Waals surface area (Å²) in [5.41, 5.74) is -2.74. The van der Waals surface area contributed by atoms with E-state index in [9.17, 15) is 22.8 Å². The first kappa shape index (κ1) is 23.9. The number of aromatic amines is 1. The number of carbonyl (C=O) groups is 1. The predicted octanol–water partition coefficient (Wildman–Crippen LogP) is 1.30. The minimum atomic E-state index is -4.79. The second-order valence-electron chi connectivity index (χ2n) is 8.20. The Bertz CT molecular complexity index is 1030. The van der Waals surface area contributed by atoms with Crippen LogP contribution in [-0.2, 0) is 15.7 Å². The predicted molar refractivity (Wildman–Crippen MR) is 116 cm³/mol. The zero-order valence-corrected chi connectivity index (χ0v) is 18.5. The Morgan fingerprint density at radius 2 is 1.94 bits per heavy atom. The number of halogens is 3. The van der Waals surface area contributed by atoms with E-state index in [2.05, 4.69) is 20.0 Å². The average molecular weight is 481 g/mol. The van der Waals surface area contributed by atoms with Gasteiger partial charge in [0.05, 0.1) is 43.8 Å². The van der Waals surface area contributed by atoms with E-state index in [1.807, 2.05) is 5.10 Å². The van der Waals surface area contributed by atoms with Crippen molar-refractivity contribution in [2.75, 3.05) is 55.7 Å². The van der Waals surface area contributed by atoms with Crippen molar-refractivity contribution in [1.82, 2.24) is 25.1 Å². The topological polar surface area (TPSA) is 108 Å². The van der Waals surface area contributed by atoms with Crippen molar-refractivity contribution in [1.29, 1.82) is 0 Å². The Hall–Kier alpha value is -3.22. The van der Waals surface area contributed by atoms with Crippen LogP contribution in [0.1, 0.15) is 24.8 Å². The van der Waals surface area contributed by atoms with E-state index in [-0.39, 0.29) is 37.3 Å². The van der Waals surface area contributed by atoms with E-state index in [4.69, 9.17) is 4.74 Å². The summed E-state index contributed by atoms with van der Waals surface area (Å²) in [6.45, 7) is 3.17. The van der Waals surface area contributed by atoms with Crippen LogP contribution in [0, 0.1) is 0 Å². The number of rotatable bonds is 7. The molecule has 4 heterocycles. The van der Waals surface area contributed by atoms with Crippen LogP contribution < -0.4 is 15.4 Å². The van der Waals surface area contributed by atoms with Gasteiger partial charge in [0.25, 0.3) is 5.56 Å². The van der Waals surface area contributed by atoms with Crippen LogP contribution in [-0.4, -0.2) is 83.0 Å². The lowest BCUT2D eigenvalue weighted by atomic mass is 10.2. The summed E-state index contributed by atoms with van der Waals surface area (Å²) in [5.74, 6) is 0.753. The van der Waals surface area contributed by atoms with Crippen molar-refractivity contribution >= 4 is 17.4 Å². The van der Waals surface area contributed by atoms with Gasteiger partial charge in [0.2, 0.25) is 5.91 Å². The normalized spacial score (nSPS) is 19.0. The number of alkyl halides is 3. The van der Waals surface area contributed by atoms with Crippen molar-refractivity contribution in [3.63, 3.8) is 0 Å². The van der Waals surface area contributed by atoms with Gasteiger partial charge in [-0.25, -0.2) is 10.1 Å². The second kappa shape index (κ2) is 10.4. The largest absolute Gasteiger partial charge is 0.423 e. The molecule has 2 aliphatic heterocycles. The van der Waals surface area contributed by atoms with Crippen molar-refractivity contribution in [2.45, 2.75) is 31.5 Å². The van der Waals surface area contributed by atoms with Crippen LogP contribution in [0.3, 0.4) is 0 Å². The fraction of sp³-hybridized carbons (Fsp3) is 0.571. The van der Waals surface area contributed by atoms with Gasteiger partial charge in [0.1, 0.15) is 11.4 Å². The number of carbonyl (C=O) groups excluding carboxylic acids is 1. The maximum atomic E-state index is 13.4. The summed E-state index contributed by atoms with van der Waals surface area (Å²) in [6.07, 6.45) is 2.67. The van der Waals surface area contributed by atoms with Gasteiger partial charge in [-0.15, -0.1) is 0 Å². The first-order valence-corrected chi connectivity index (χ1v) is 11.1. The van der Waals surface area contributed by atoms with Gasteiger partial charge >= 0.3 is 6.18 Å². The molecule has 4 rings (SSSR count). The van der Waals surface area contributed by atoms with Gasteiger partial charge in [0.15, 0.2) is 0 Å². The molecule has 1 amide bonds. The molecule has 1 atom stereocenters. The van der Waals surface area contributed by atoms with Crippen LogP contribution in [0.5, 0.6) is 0 Å². The Morgan fingerprint density at radius 3 is 2.65 bits per heavy atom. The highest BCUT2D eigenvalue weighted by atomic mass is 19.4. The second-order valence-corrected chi connectivity index (χ2v) is 8.20. The number of amides is 1. The quantitative estimate of drug-likeness (QED) is 0.590. The molecule has 2 aromatic heterocycles. The summed E-state index contributed by atoms with van der Waals surface area (Å²) in [7, 11) is 0. The minimum absolute atomic E-state index is 0.0276. The lowest BCUT2D eigenvalue weighted by molar-refractivity contribution is -0.138. The van der Waals surface area contributed by atoms with E-state index in [1.54, 1.807) is 23.5 Å². The van der Waals surface area contributed by atoms with Crippen LogP contribution in [0.4, 0.5) is 24.7 Å². The minimum Gasteiger partial charge on any atom is -0.379 e. The van der Waals surface area contributed by atoms with Gasteiger partial charge in [0, 0.05) is 45.1 Å². The molecule has 0 spiro atoms. The fourth-order valence-electron chi connectivity index (χ4n) is 4.38. The molecule has 2 aromatic rings. The molecule has 2 saturated heterocycles. The highest BCUT2D eigenvalue weighted by molar-refractivity contribution is 5.76. The first-order valence-electron chi connectivity index (χ1n) is 11.1. The molecule has 1 unspecified atom stereocenters. The molecule has 2 fully saturated rings. The van der Waals surface area contributed by atoms with Gasteiger partial charge in [-0.2, -0.15) is 18.3 Å². The van der Waals surface area contributed by atoms with Crippen LogP contribution in [0.25, 0.3) is 0 Å². The summed E-state index contributed by atoms with van der Waals surface area (Å²) in [4.78, 5) is 38.0. The molecular weight excluding hydrogens is 455 g/mol. The van der Waals surface area contributed by atoms with E-state index in [0.29, 0.717) is 45.6 Å². The number of ether oxygens (including phenoxy) is 1. The van der Waals surface area contributed by atoms with Crippen molar-refractivity contribution < 1.29 is 22.7 Å². The van der Waals surface area contributed by atoms with Crippen LogP contribution in [0.2, 0.25) is 0 Å². The summed E-state index contributed by atoms with van der Waals surface area (Å²) in [5, 5.41) is 5.41. The molecule has 0 aromatic carbocycles. The lowest BCUT2D eigenvalue weighted by Crippen LogP contribution is -2.49. The summed E-state index contributed by atoms with van der Waals surface area (Å²) < 4.78 is 45.9. The van der Waals surface area contributed by atoms with Crippen molar-refractivity contribution in [3.8, 4) is 0 Å². The molecule has 0 saturated carbocycles. The van der Waals surface area contributed by atoms with E-state index >= 15 is 0 Å². The molecule has 0 radical (unpaired) electrons. The van der Waals surface area contributed by atoms with E-state index in [1.165, 1.54) is 4.90 Å². The smallest absolute Gasteiger partial charge is 0.379 e. The first-order chi connectivity index (χ1) is 16.3. The standard InChI is InChI=1S/C21H26F3N7O3/c22-21(23,24)19-16(12-27-28-20(19)33)31-6-1-2-15(31)14-34-11-3-18(32)30-9-7-29(8-10-30)17-13-25-4-5-26-17/h4-5,12-13,15H,1-3,6-11,14H2,(H,28,33). The number of piperazine rings is 1. The van der Waals surface area contributed by atoms with E-state index in [0.717, 1.165) is 12.0 Å². The Labute approximate surface area is 193 Å². The Balaban J connectivity index is 1.25. The monoisotopic (exact) mass is 481 g/mol. The molecule has 10 nitrogen and oxygen atoms in total. The highest BCUT2D eigenvalue weighted by Gasteiger charge is 2.40. The maximum absolute atomic E-state index is 13.4. The number of hydrogen-bond acceptors (Lipinski definition) is 8. The number of anilines is 2. The van der Waals surface area contributed by atoms with Gasteiger partial charge in [-0.05, 0) is 12.8 Å². The van der Waals surface area contributed by atoms with Crippen LogP contribution >= 0.6 is 0 Å². The van der Waals surface area contributed by atoms with Gasteiger partial charge < -0.3 is 19.4 Å². The Kier molecular flexibility index (Phi) is 7.29. The van der Waals surface area contributed by atoms with Gasteiger partial charge in [-0.1, -0.05) is 0 Å². The maximum Gasteiger partial charge on any atom is 0.423 e. The zero-order valence-electron chi connectivity index (χ0n) is 18.5. The number of nitrogens with zero attached hydrogens (tertiary/aromatic N) is 6. The molecular formula is C21H26F3N7O3. The Morgan fingerprint density at radius 1 is 1.15 bits per heavy atom. The van der Waals surface area contributed by atoms with Gasteiger partial charge in [-0.3, -0.25) is 14.6 Å². The number of nitrogens with one attached hydrogen (secondary N) is 1. The third-order valence-electron chi connectivity index (χ3n) is 6.08. The molecule has 184 valence electrons. The van der Waals surface area contributed by atoms with Crippen molar-refractivity contribution in [3.05, 3.63) is 40.7 Å². The zero-order chi connectivity index (χ0) is 24.1. The average Bonchev–Trinajstić information content (AvgIpc) is 3.30. The lowest BCUT2D eigenvalue weighted by Gasteiger charge is -2.35.